The fourth-order valence-electron chi connectivity index (χ4n) is 2.92. The van der Waals surface area contributed by atoms with Gasteiger partial charge < -0.3 is 15.1 Å². The molecule has 114 valence electrons. The second kappa shape index (κ2) is 6.70. The molecule has 1 N–H and O–H groups in total. The number of carbonyl (C=O) groups is 1. The van der Waals surface area contributed by atoms with Crippen LogP contribution in [0.15, 0.2) is 16.9 Å². The van der Waals surface area contributed by atoms with Crippen molar-refractivity contribution >= 4 is 27.8 Å². The van der Waals surface area contributed by atoms with Gasteiger partial charge in [0.15, 0.2) is 0 Å². The van der Waals surface area contributed by atoms with Gasteiger partial charge in [0, 0.05) is 45.1 Å². The Morgan fingerprint density at radius 2 is 1.95 bits per heavy atom. The van der Waals surface area contributed by atoms with Crippen LogP contribution >= 0.6 is 15.9 Å². The molecular weight excluding hydrogens is 334 g/mol. The number of amides is 1. The zero-order valence-corrected chi connectivity index (χ0v) is 13.5. The molecule has 0 radical (unpaired) electrons. The predicted molar refractivity (Wildman–Crippen MR) is 84.1 cm³/mol. The highest BCUT2D eigenvalue weighted by atomic mass is 79.9. The quantitative estimate of drug-likeness (QED) is 0.855. The second-order valence-electron chi connectivity index (χ2n) is 5.56. The summed E-state index contributed by atoms with van der Waals surface area (Å²) in [6.07, 6.45) is 5.63. The fraction of sp³-hybridized carbons (Fsp3) is 0.643. The average Bonchev–Trinajstić information content (AvgIpc) is 2.56. The van der Waals surface area contributed by atoms with Crippen LogP contribution in [0.5, 0.6) is 0 Å². The Balaban J connectivity index is 1.54. The van der Waals surface area contributed by atoms with Crippen molar-refractivity contribution in [2.75, 3.05) is 44.2 Å². The molecule has 0 aromatic carbocycles. The average molecular weight is 354 g/mol. The largest absolute Gasteiger partial charge is 0.339 e. The van der Waals surface area contributed by atoms with Crippen molar-refractivity contribution in [2.45, 2.75) is 12.8 Å². The molecule has 3 rings (SSSR count). The number of carbonyl (C=O) groups excluding carboxylic acids is 1. The summed E-state index contributed by atoms with van der Waals surface area (Å²) in [5.41, 5.74) is 0. The van der Waals surface area contributed by atoms with E-state index < -0.39 is 0 Å². The molecule has 1 aromatic heterocycles. The molecule has 0 unspecified atom stereocenters. The van der Waals surface area contributed by atoms with Gasteiger partial charge in [0.25, 0.3) is 0 Å². The Kier molecular flexibility index (Phi) is 4.70. The molecule has 0 bridgehead atoms. The van der Waals surface area contributed by atoms with E-state index in [4.69, 9.17) is 0 Å². The molecule has 2 aliphatic rings. The molecule has 6 nitrogen and oxygen atoms in total. The van der Waals surface area contributed by atoms with Crippen molar-refractivity contribution in [1.29, 1.82) is 0 Å². The number of halogens is 1. The first-order valence-corrected chi connectivity index (χ1v) is 8.25. The Hall–Kier alpha value is -1.21. The summed E-state index contributed by atoms with van der Waals surface area (Å²) < 4.78 is 0.880. The van der Waals surface area contributed by atoms with Crippen molar-refractivity contribution in [1.82, 2.24) is 20.2 Å². The summed E-state index contributed by atoms with van der Waals surface area (Å²) in [5.74, 6) is 1.21. The van der Waals surface area contributed by atoms with Gasteiger partial charge in [-0.3, -0.25) is 4.79 Å². The summed E-state index contributed by atoms with van der Waals surface area (Å²) in [6.45, 7) is 4.98. The van der Waals surface area contributed by atoms with Gasteiger partial charge in [-0.05, 0) is 35.3 Å². The summed E-state index contributed by atoms with van der Waals surface area (Å²) in [4.78, 5) is 25.2. The van der Waals surface area contributed by atoms with E-state index in [1.807, 2.05) is 4.90 Å². The molecule has 3 heterocycles. The minimum Gasteiger partial charge on any atom is -0.339 e. The van der Waals surface area contributed by atoms with E-state index in [9.17, 15) is 4.79 Å². The molecule has 0 spiro atoms. The highest BCUT2D eigenvalue weighted by molar-refractivity contribution is 9.10. The topological polar surface area (TPSA) is 61.4 Å². The number of nitrogens with one attached hydrogen (secondary N) is 1. The van der Waals surface area contributed by atoms with Crippen LogP contribution in [0.2, 0.25) is 0 Å². The van der Waals surface area contributed by atoms with Gasteiger partial charge in [0.1, 0.15) is 0 Å². The first kappa shape index (κ1) is 14.7. The van der Waals surface area contributed by atoms with Crippen molar-refractivity contribution < 1.29 is 4.79 Å². The van der Waals surface area contributed by atoms with Crippen LogP contribution in [0.1, 0.15) is 12.8 Å². The van der Waals surface area contributed by atoms with Crippen LogP contribution in [0.3, 0.4) is 0 Å². The molecular formula is C14H20BrN5O. The van der Waals surface area contributed by atoms with E-state index in [1.165, 1.54) is 0 Å². The van der Waals surface area contributed by atoms with E-state index >= 15 is 0 Å². The first-order chi connectivity index (χ1) is 10.2. The third-order valence-electron chi connectivity index (χ3n) is 4.13. The molecule has 2 fully saturated rings. The van der Waals surface area contributed by atoms with Crippen LogP contribution in [0.4, 0.5) is 5.95 Å². The normalized spacial score (nSPS) is 23.2. The lowest BCUT2D eigenvalue weighted by Crippen LogP contribution is -2.52. The third kappa shape index (κ3) is 3.52. The van der Waals surface area contributed by atoms with E-state index in [0.717, 1.165) is 62.5 Å². The van der Waals surface area contributed by atoms with Gasteiger partial charge in [-0.1, -0.05) is 0 Å². The lowest BCUT2D eigenvalue weighted by molar-refractivity contribution is -0.136. The molecule has 21 heavy (non-hydrogen) atoms. The zero-order valence-electron chi connectivity index (χ0n) is 12.0. The maximum absolute atomic E-state index is 12.5. The van der Waals surface area contributed by atoms with Gasteiger partial charge in [0.05, 0.1) is 10.4 Å². The number of hydrogen-bond acceptors (Lipinski definition) is 5. The van der Waals surface area contributed by atoms with Gasteiger partial charge >= 0.3 is 0 Å². The number of anilines is 1. The van der Waals surface area contributed by atoms with Crippen molar-refractivity contribution in [3.63, 3.8) is 0 Å². The smallest absolute Gasteiger partial charge is 0.227 e. The van der Waals surface area contributed by atoms with Crippen LogP contribution in [0.25, 0.3) is 0 Å². The van der Waals surface area contributed by atoms with Crippen LogP contribution < -0.4 is 10.2 Å². The number of nitrogens with zero attached hydrogens (tertiary/aromatic N) is 4. The summed E-state index contributed by atoms with van der Waals surface area (Å²) in [6, 6.07) is 0. The summed E-state index contributed by atoms with van der Waals surface area (Å²) in [7, 11) is 0. The molecule has 0 aliphatic carbocycles. The standard InChI is InChI=1S/C14H20BrN5O/c15-12-9-17-14(18-10-12)20-6-4-19(5-7-20)13(21)11-2-1-3-16-8-11/h9-11,16H,1-8H2/t11-/m0/s1. The van der Waals surface area contributed by atoms with E-state index in [1.54, 1.807) is 12.4 Å². The Bertz CT molecular complexity index is 481. The fourth-order valence-corrected chi connectivity index (χ4v) is 3.12. The van der Waals surface area contributed by atoms with Gasteiger partial charge in [-0.2, -0.15) is 0 Å². The molecule has 2 saturated heterocycles. The highest BCUT2D eigenvalue weighted by Crippen LogP contribution is 2.17. The van der Waals surface area contributed by atoms with Crippen LogP contribution in [-0.2, 0) is 4.79 Å². The lowest BCUT2D eigenvalue weighted by Gasteiger charge is -2.37. The maximum Gasteiger partial charge on any atom is 0.227 e. The molecule has 1 aromatic rings. The molecule has 1 atom stereocenters. The molecule has 7 heteroatoms. The SMILES string of the molecule is O=C([C@H]1CCCNC1)N1CCN(c2ncc(Br)cn2)CC1. The second-order valence-corrected chi connectivity index (χ2v) is 6.47. The minimum absolute atomic E-state index is 0.161. The lowest BCUT2D eigenvalue weighted by atomic mass is 9.98. The Morgan fingerprint density at radius 3 is 2.57 bits per heavy atom. The Labute approximate surface area is 133 Å². The number of piperazine rings is 1. The minimum atomic E-state index is 0.161. The van der Waals surface area contributed by atoms with Gasteiger partial charge in [-0.15, -0.1) is 0 Å². The van der Waals surface area contributed by atoms with E-state index in [-0.39, 0.29) is 5.92 Å². The third-order valence-corrected chi connectivity index (χ3v) is 4.54. The monoisotopic (exact) mass is 353 g/mol. The van der Waals surface area contributed by atoms with E-state index in [0.29, 0.717) is 5.91 Å². The zero-order chi connectivity index (χ0) is 14.7. The summed E-state index contributed by atoms with van der Waals surface area (Å²) in [5, 5.41) is 3.31. The van der Waals surface area contributed by atoms with Crippen LogP contribution in [0, 0.1) is 5.92 Å². The van der Waals surface area contributed by atoms with Crippen molar-refractivity contribution in [2.24, 2.45) is 5.92 Å². The van der Waals surface area contributed by atoms with Crippen LogP contribution in [-0.4, -0.2) is 60.0 Å². The first-order valence-electron chi connectivity index (χ1n) is 7.46. The number of aromatic nitrogens is 2. The predicted octanol–water partition coefficient (Wildman–Crippen LogP) is 0.887. The van der Waals surface area contributed by atoms with Crippen molar-refractivity contribution in [3.05, 3.63) is 16.9 Å². The molecule has 2 aliphatic heterocycles. The molecule has 1 amide bonds. The van der Waals surface area contributed by atoms with E-state index in [2.05, 4.69) is 36.1 Å². The highest BCUT2D eigenvalue weighted by Gasteiger charge is 2.28. The van der Waals surface area contributed by atoms with Crippen molar-refractivity contribution in [3.8, 4) is 0 Å². The van der Waals surface area contributed by atoms with Gasteiger partial charge in [0.2, 0.25) is 11.9 Å². The number of rotatable bonds is 2. The van der Waals surface area contributed by atoms with Gasteiger partial charge in [-0.25, -0.2) is 9.97 Å². The maximum atomic E-state index is 12.5. The number of piperidine rings is 1. The summed E-state index contributed by atoms with van der Waals surface area (Å²) >= 11 is 3.34. The molecule has 0 saturated carbocycles. The number of hydrogen-bond donors (Lipinski definition) is 1. The Morgan fingerprint density at radius 1 is 1.24 bits per heavy atom.